The molecule has 3 saturated carbocycles. The standard InChI is InChI=1S/C24H36O3/c1-14-12-21-19-7-6-17-13-18(27-16(3)26)8-10-23(17,4)20(19)9-11-24(21,5)22(14)15(2)25/h9,14,17-19,21-22H,6-8,10-13H2,1-5H3/t14-,17-,18+,19-,21+,22-,23-,24+/m0/s1. The first-order chi connectivity index (χ1) is 12.7. The van der Waals surface area contributed by atoms with Crippen molar-refractivity contribution >= 4 is 11.8 Å². The van der Waals surface area contributed by atoms with E-state index in [4.69, 9.17) is 4.74 Å². The zero-order valence-corrected chi connectivity index (χ0v) is 17.7. The van der Waals surface area contributed by atoms with Crippen LogP contribution in [0.1, 0.15) is 79.6 Å². The molecule has 0 radical (unpaired) electrons. The third kappa shape index (κ3) is 2.83. The second kappa shape index (κ2) is 6.46. The van der Waals surface area contributed by atoms with Gasteiger partial charge in [0.25, 0.3) is 0 Å². The van der Waals surface area contributed by atoms with Gasteiger partial charge in [0.1, 0.15) is 11.9 Å². The number of allylic oxidation sites excluding steroid dienone is 2. The molecule has 0 N–H and O–H groups in total. The zero-order valence-electron chi connectivity index (χ0n) is 17.7. The molecule has 4 aliphatic carbocycles. The molecule has 0 amide bonds. The number of carbonyl (C=O) groups is 2. The van der Waals surface area contributed by atoms with Gasteiger partial charge in [0, 0.05) is 12.8 Å². The number of carbonyl (C=O) groups excluding carboxylic acids is 2. The van der Waals surface area contributed by atoms with Crippen LogP contribution < -0.4 is 0 Å². The second-order valence-electron chi connectivity index (χ2n) is 10.6. The molecule has 0 spiro atoms. The van der Waals surface area contributed by atoms with Gasteiger partial charge in [-0.05, 0) is 86.4 Å². The lowest BCUT2D eigenvalue weighted by Crippen LogP contribution is -2.49. The largest absolute Gasteiger partial charge is 0.463 e. The Morgan fingerprint density at radius 3 is 2.52 bits per heavy atom. The highest BCUT2D eigenvalue weighted by atomic mass is 16.5. The molecule has 27 heavy (non-hydrogen) atoms. The summed E-state index contributed by atoms with van der Waals surface area (Å²) in [6.45, 7) is 10.5. The Hall–Kier alpha value is -1.12. The van der Waals surface area contributed by atoms with Crippen LogP contribution >= 0.6 is 0 Å². The minimum absolute atomic E-state index is 0.111. The Kier molecular flexibility index (Phi) is 4.59. The maximum absolute atomic E-state index is 12.4. The number of rotatable bonds is 2. The fraction of sp³-hybridized carbons (Fsp3) is 0.833. The highest BCUT2D eigenvalue weighted by Gasteiger charge is 2.59. The molecule has 0 aromatic carbocycles. The quantitative estimate of drug-likeness (QED) is 0.486. The molecule has 0 unspecified atom stereocenters. The maximum atomic E-state index is 12.4. The van der Waals surface area contributed by atoms with Crippen molar-refractivity contribution in [2.24, 2.45) is 40.4 Å². The van der Waals surface area contributed by atoms with Crippen molar-refractivity contribution in [1.29, 1.82) is 0 Å². The van der Waals surface area contributed by atoms with Crippen LogP contribution in [0.4, 0.5) is 0 Å². The number of hydrogen-bond donors (Lipinski definition) is 0. The molecule has 0 bridgehead atoms. The molecule has 8 atom stereocenters. The molecule has 0 heterocycles. The van der Waals surface area contributed by atoms with Gasteiger partial charge in [-0.15, -0.1) is 0 Å². The van der Waals surface area contributed by atoms with Crippen LogP contribution in [0, 0.1) is 40.4 Å². The van der Waals surface area contributed by atoms with Gasteiger partial charge < -0.3 is 4.74 Å². The number of ether oxygens (including phenoxy) is 1. The molecule has 3 heteroatoms. The van der Waals surface area contributed by atoms with E-state index in [1.165, 1.54) is 26.2 Å². The van der Waals surface area contributed by atoms with Crippen LogP contribution in [0.3, 0.4) is 0 Å². The summed E-state index contributed by atoms with van der Waals surface area (Å²) in [6, 6.07) is 0. The van der Waals surface area contributed by atoms with Crippen molar-refractivity contribution in [2.75, 3.05) is 0 Å². The second-order valence-corrected chi connectivity index (χ2v) is 10.6. The monoisotopic (exact) mass is 372 g/mol. The summed E-state index contributed by atoms with van der Waals surface area (Å²) in [4.78, 5) is 23.8. The van der Waals surface area contributed by atoms with Crippen molar-refractivity contribution in [2.45, 2.75) is 85.7 Å². The van der Waals surface area contributed by atoms with E-state index >= 15 is 0 Å². The Morgan fingerprint density at radius 1 is 1.11 bits per heavy atom. The first kappa shape index (κ1) is 19.2. The maximum Gasteiger partial charge on any atom is 0.302 e. The normalized spacial score (nSPS) is 48.7. The van der Waals surface area contributed by atoms with Crippen LogP contribution in [0.5, 0.6) is 0 Å². The third-order valence-corrected chi connectivity index (χ3v) is 9.09. The van der Waals surface area contributed by atoms with Gasteiger partial charge in [-0.25, -0.2) is 0 Å². The van der Waals surface area contributed by atoms with E-state index in [-0.39, 0.29) is 28.8 Å². The summed E-state index contributed by atoms with van der Waals surface area (Å²) in [5.74, 6) is 2.93. The van der Waals surface area contributed by atoms with Crippen molar-refractivity contribution in [1.82, 2.24) is 0 Å². The number of Topliss-reactive ketones (excluding diaryl/α,β-unsaturated/α-hetero) is 1. The Labute approximate surface area is 164 Å². The highest BCUT2D eigenvalue weighted by molar-refractivity contribution is 5.80. The highest BCUT2D eigenvalue weighted by Crippen LogP contribution is 2.66. The Bertz CT molecular complexity index is 679. The fourth-order valence-corrected chi connectivity index (χ4v) is 8.06. The fourth-order valence-electron chi connectivity index (χ4n) is 8.06. The van der Waals surface area contributed by atoms with E-state index in [2.05, 4.69) is 26.8 Å². The number of ketones is 1. The minimum atomic E-state index is -0.139. The summed E-state index contributed by atoms with van der Waals surface area (Å²) in [5.41, 5.74) is 2.11. The van der Waals surface area contributed by atoms with Gasteiger partial charge in [-0.1, -0.05) is 32.4 Å². The van der Waals surface area contributed by atoms with E-state index in [0.29, 0.717) is 29.5 Å². The van der Waals surface area contributed by atoms with Crippen molar-refractivity contribution in [3.8, 4) is 0 Å². The summed E-state index contributed by atoms with van der Waals surface area (Å²) in [5, 5.41) is 0. The first-order valence-corrected chi connectivity index (χ1v) is 11.0. The van der Waals surface area contributed by atoms with Crippen LogP contribution in [-0.2, 0) is 14.3 Å². The molecular weight excluding hydrogens is 336 g/mol. The predicted molar refractivity (Wildman–Crippen MR) is 106 cm³/mol. The molecule has 3 nitrogen and oxygen atoms in total. The van der Waals surface area contributed by atoms with Crippen LogP contribution in [0.2, 0.25) is 0 Å². The molecule has 0 aliphatic heterocycles. The average molecular weight is 373 g/mol. The zero-order chi connectivity index (χ0) is 19.6. The van der Waals surface area contributed by atoms with Gasteiger partial charge in [-0.2, -0.15) is 0 Å². The Morgan fingerprint density at radius 2 is 1.85 bits per heavy atom. The Balaban J connectivity index is 1.61. The van der Waals surface area contributed by atoms with Gasteiger partial charge in [0.15, 0.2) is 0 Å². The van der Waals surface area contributed by atoms with Crippen LogP contribution in [0.15, 0.2) is 11.6 Å². The predicted octanol–water partition coefficient (Wildman–Crippen LogP) is 5.33. The third-order valence-electron chi connectivity index (χ3n) is 9.09. The van der Waals surface area contributed by atoms with E-state index in [1.54, 1.807) is 5.57 Å². The number of hydrogen-bond acceptors (Lipinski definition) is 3. The molecule has 150 valence electrons. The van der Waals surface area contributed by atoms with E-state index < -0.39 is 0 Å². The molecule has 4 rings (SSSR count). The lowest BCUT2D eigenvalue weighted by Gasteiger charge is -2.56. The van der Waals surface area contributed by atoms with Crippen molar-refractivity contribution in [3.05, 3.63) is 11.6 Å². The van der Waals surface area contributed by atoms with Gasteiger partial charge in [0.2, 0.25) is 0 Å². The SMILES string of the molecule is CC(=O)O[C@@H]1CC[C@]2(C)C3=CC[C@]4(C)[C@H](C[C@H](C)[C@H]4C(C)=O)[C@H]3CC[C@H]2C1. The molecular formula is C24H36O3. The summed E-state index contributed by atoms with van der Waals surface area (Å²) >= 11 is 0. The van der Waals surface area contributed by atoms with E-state index in [1.807, 2.05) is 6.92 Å². The smallest absolute Gasteiger partial charge is 0.302 e. The molecule has 0 aromatic rings. The van der Waals surface area contributed by atoms with E-state index in [0.717, 1.165) is 25.7 Å². The summed E-state index contributed by atoms with van der Waals surface area (Å²) in [6.07, 6.45) is 10.6. The molecule has 4 aliphatic rings. The number of fused-ring (bicyclic) bond motifs is 5. The topological polar surface area (TPSA) is 43.4 Å². The van der Waals surface area contributed by atoms with Crippen molar-refractivity contribution in [3.63, 3.8) is 0 Å². The van der Waals surface area contributed by atoms with Gasteiger partial charge >= 0.3 is 5.97 Å². The summed E-state index contributed by atoms with van der Waals surface area (Å²) in [7, 11) is 0. The van der Waals surface area contributed by atoms with Gasteiger partial charge in [-0.3, -0.25) is 9.59 Å². The summed E-state index contributed by atoms with van der Waals surface area (Å²) < 4.78 is 5.57. The first-order valence-electron chi connectivity index (χ1n) is 11.0. The lowest BCUT2D eigenvalue weighted by molar-refractivity contribution is -0.151. The molecule has 0 aromatic heterocycles. The lowest BCUT2D eigenvalue weighted by atomic mass is 9.48. The number of esters is 1. The van der Waals surface area contributed by atoms with Gasteiger partial charge in [0.05, 0.1) is 0 Å². The molecule has 3 fully saturated rings. The average Bonchev–Trinajstić information content (AvgIpc) is 2.85. The van der Waals surface area contributed by atoms with Crippen molar-refractivity contribution < 1.29 is 14.3 Å². The minimum Gasteiger partial charge on any atom is -0.463 e. The van der Waals surface area contributed by atoms with Crippen LogP contribution in [-0.4, -0.2) is 17.9 Å². The molecule has 0 saturated heterocycles. The van der Waals surface area contributed by atoms with Crippen LogP contribution in [0.25, 0.3) is 0 Å². The van der Waals surface area contributed by atoms with E-state index in [9.17, 15) is 9.59 Å².